The van der Waals surface area contributed by atoms with Crippen LogP contribution in [0.15, 0.2) is 35.6 Å². The molecule has 0 spiro atoms. The van der Waals surface area contributed by atoms with Crippen LogP contribution in [-0.2, 0) is 14.2 Å². The maximum absolute atomic E-state index is 5.54. The zero-order valence-corrected chi connectivity index (χ0v) is 11.8. The first-order valence-electron chi connectivity index (χ1n) is 5.52. The van der Waals surface area contributed by atoms with E-state index in [1.54, 1.807) is 12.2 Å². The van der Waals surface area contributed by atoms with Crippen molar-refractivity contribution in [1.29, 1.82) is 0 Å². The van der Waals surface area contributed by atoms with Crippen LogP contribution >= 0.6 is 15.9 Å². The molecule has 0 saturated carbocycles. The summed E-state index contributed by atoms with van der Waals surface area (Å²) in [5.74, 6) is 0.689. The minimum absolute atomic E-state index is 0.196. The largest absolute Gasteiger partial charge is 0.491 e. The minimum Gasteiger partial charge on any atom is -0.491 e. The summed E-state index contributed by atoms with van der Waals surface area (Å²) in [6.07, 6.45) is 3.42. The second kappa shape index (κ2) is 6.99. The van der Waals surface area contributed by atoms with E-state index in [2.05, 4.69) is 36.0 Å². The lowest BCUT2D eigenvalue weighted by atomic mass is 9.90. The summed E-state index contributed by atoms with van der Waals surface area (Å²) in [6, 6.07) is 0. The van der Waals surface area contributed by atoms with Gasteiger partial charge in [-0.05, 0) is 12.2 Å². The van der Waals surface area contributed by atoms with Gasteiger partial charge in [0.1, 0.15) is 12.4 Å². The van der Waals surface area contributed by atoms with E-state index in [1.165, 1.54) is 0 Å². The second-order valence-electron chi connectivity index (χ2n) is 4.40. The quantitative estimate of drug-likeness (QED) is 0.392. The topological polar surface area (TPSA) is 27.7 Å². The van der Waals surface area contributed by atoms with Crippen LogP contribution in [0.4, 0.5) is 0 Å². The van der Waals surface area contributed by atoms with Gasteiger partial charge in [0, 0.05) is 9.90 Å². The summed E-state index contributed by atoms with van der Waals surface area (Å²) in [4.78, 5) is 0. The molecule has 4 heteroatoms. The van der Waals surface area contributed by atoms with Crippen molar-refractivity contribution in [2.75, 3.05) is 33.0 Å². The predicted molar refractivity (Wildman–Crippen MR) is 72.0 cm³/mol. The van der Waals surface area contributed by atoms with Gasteiger partial charge in [0.15, 0.2) is 0 Å². The Labute approximate surface area is 111 Å². The van der Waals surface area contributed by atoms with Crippen LogP contribution < -0.4 is 0 Å². The number of hydrogen-bond acceptors (Lipinski definition) is 3. The second-order valence-corrected chi connectivity index (χ2v) is 5.42. The molecule has 0 radical (unpaired) electrons. The Morgan fingerprint density at radius 3 is 2.65 bits per heavy atom. The van der Waals surface area contributed by atoms with Crippen molar-refractivity contribution in [3.05, 3.63) is 35.6 Å². The third-order valence-electron chi connectivity index (χ3n) is 2.35. The highest BCUT2D eigenvalue weighted by molar-refractivity contribution is 9.11. The van der Waals surface area contributed by atoms with E-state index >= 15 is 0 Å². The van der Waals surface area contributed by atoms with Gasteiger partial charge in [-0.2, -0.15) is 0 Å². The van der Waals surface area contributed by atoms with Crippen molar-refractivity contribution < 1.29 is 14.2 Å². The first-order chi connectivity index (χ1) is 8.06. The molecule has 3 nitrogen and oxygen atoms in total. The summed E-state index contributed by atoms with van der Waals surface area (Å²) in [6.45, 7) is 12.9. The smallest absolute Gasteiger partial charge is 0.119 e. The van der Waals surface area contributed by atoms with Gasteiger partial charge in [-0.15, -0.1) is 0 Å². The molecule has 0 aromatic rings. The molecule has 0 atom stereocenters. The molecule has 0 N–H and O–H groups in total. The normalized spacial score (nSPS) is 18.4. The standard InChI is InChI=1S/C13H19BrO3/c1-4-12(7-11(2)14)17-6-5-15-8-13(3)9-16-10-13/h4,7H,1-2,5-6,8-10H2,3H3/b12-7+. The lowest BCUT2D eigenvalue weighted by Gasteiger charge is -2.37. The molecule has 1 fully saturated rings. The van der Waals surface area contributed by atoms with Crippen molar-refractivity contribution in [3.63, 3.8) is 0 Å². The fourth-order valence-electron chi connectivity index (χ4n) is 1.38. The van der Waals surface area contributed by atoms with Crippen molar-refractivity contribution in [3.8, 4) is 0 Å². The van der Waals surface area contributed by atoms with Gasteiger partial charge in [0.25, 0.3) is 0 Å². The maximum Gasteiger partial charge on any atom is 0.119 e. The highest BCUT2D eigenvalue weighted by Crippen LogP contribution is 2.26. The average Bonchev–Trinajstić information content (AvgIpc) is 2.24. The van der Waals surface area contributed by atoms with E-state index in [0.717, 1.165) is 17.7 Å². The van der Waals surface area contributed by atoms with E-state index in [4.69, 9.17) is 14.2 Å². The Balaban J connectivity index is 2.10. The highest BCUT2D eigenvalue weighted by Gasteiger charge is 2.33. The van der Waals surface area contributed by atoms with Crippen LogP contribution in [-0.4, -0.2) is 33.0 Å². The molecule has 1 aliphatic rings. The van der Waals surface area contributed by atoms with Crippen molar-refractivity contribution in [2.45, 2.75) is 6.92 Å². The van der Waals surface area contributed by atoms with Gasteiger partial charge < -0.3 is 14.2 Å². The zero-order valence-electron chi connectivity index (χ0n) is 10.2. The molecule has 0 bridgehead atoms. The number of ether oxygens (including phenoxy) is 3. The summed E-state index contributed by atoms with van der Waals surface area (Å²) >= 11 is 3.24. The number of halogens is 1. The highest BCUT2D eigenvalue weighted by atomic mass is 79.9. The monoisotopic (exact) mass is 302 g/mol. The van der Waals surface area contributed by atoms with Crippen LogP contribution in [0.5, 0.6) is 0 Å². The van der Waals surface area contributed by atoms with Crippen LogP contribution in [0, 0.1) is 5.41 Å². The lowest BCUT2D eigenvalue weighted by molar-refractivity contribution is -0.139. The first-order valence-corrected chi connectivity index (χ1v) is 6.32. The fourth-order valence-corrected chi connectivity index (χ4v) is 1.61. The molecule has 0 aromatic carbocycles. The van der Waals surface area contributed by atoms with Gasteiger partial charge in [-0.3, -0.25) is 0 Å². The molecule has 1 aliphatic heterocycles. The van der Waals surface area contributed by atoms with Gasteiger partial charge in [0.05, 0.1) is 26.4 Å². The van der Waals surface area contributed by atoms with Gasteiger partial charge in [-0.25, -0.2) is 0 Å². The van der Waals surface area contributed by atoms with Crippen molar-refractivity contribution in [2.24, 2.45) is 5.41 Å². The molecule has 1 saturated heterocycles. The van der Waals surface area contributed by atoms with Crippen LogP contribution in [0.3, 0.4) is 0 Å². The van der Waals surface area contributed by atoms with E-state index in [1.807, 2.05) is 0 Å². The summed E-state index contributed by atoms with van der Waals surface area (Å²) < 4.78 is 16.9. The van der Waals surface area contributed by atoms with E-state index < -0.39 is 0 Å². The van der Waals surface area contributed by atoms with Crippen LogP contribution in [0.25, 0.3) is 0 Å². The third-order valence-corrected chi connectivity index (χ3v) is 2.58. The van der Waals surface area contributed by atoms with E-state index in [0.29, 0.717) is 25.6 Å². The molecule has 17 heavy (non-hydrogen) atoms. The fraction of sp³-hybridized carbons (Fsp3) is 0.538. The molecule has 1 heterocycles. The van der Waals surface area contributed by atoms with Crippen LogP contribution in [0.1, 0.15) is 6.92 Å². The summed E-state index contributed by atoms with van der Waals surface area (Å²) in [5.41, 5.74) is 0.196. The first kappa shape index (κ1) is 14.5. The SMILES string of the molecule is C=C/C(=C\C(=C)Br)OCCOCC1(C)COC1. The Morgan fingerprint density at radius 1 is 1.47 bits per heavy atom. The van der Waals surface area contributed by atoms with E-state index in [9.17, 15) is 0 Å². The Kier molecular flexibility index (Phi) is 5.95. The molecule has 0 aliphatic carbocycles. The van der Waals surface area contributed by atoms with Gasteiger partial charge in [0.2, 0.25) is 0 Å². The summed E-state index contributed by atoms with van der Waals surface area (Å²) in [7, 11) is 0. The van der Waals surface area contributed by atoms with Crippen molar-refractivity contribution in [1.82, 2.24) is 0 Å². The van der Waals surface area contributed by atoms with E-state index in [-0.39, 0.29) is 5.41 Å². The maximum atomic E-state index is 5.54. The Bertz CT molecular complexity index is 306. The molecular weight excluding hydrogens is 284 g/mol. The Hall–Kier alpha value is -0.580. The molecule has 0 unspecified atom stereocenters. The van der Waals surface area contributed by atoms with Gasteiger partial charge in [-0.1, -0.05) is 36.0 Å². The minimum atomic E-state index is 0.196. The summed E-state index contributed by atoms with van der Waals surface area (Å²) in [5, 5.41) is 0. The molecule has 0 aromatic heterocycles. The molecular formula is C13H19BrO3. The third kappa shape index (κ3) is 5.52. The van der Waals surface area contributed by atoms with Crippen molar-refractivity contribution >= 4 is 15.9 Å². The van der Waals surface area contributed by atoms with Gasteiger partial charge >= 0.3 is 0 Å². The molecule has 1 rings (SSSR count). The zero-order chi connectivity index (χ0) is 12.7. The lowest BCUT2D eigenvalue weighted by Crippen LogP contribution is -2.43. The molecule has 96 valence electrons. The average molecular weight is 303 g/mol. The molecule has 0 amide bonds. The number of rotatable bonds is 8. The van der Waals surface area contributed by atoms with Crippen LogP contribution in [0.2, 0.25) is 0 Å². The number of hydrogen-bond donors (Lipinski definition) is 0. The number of allylic oxidation sites excluding steroid dienone is 3. The predicted octanol–water partition coefficient (Wildman–Crippen LogP) is 3.03. The Morgan fingerprint density at radius 2 is 2.18 bits per heavy atom.